The van der Waals surface area contributed by atoms with Crippen LogP contribution in [0.1, 0.15) is 16.7 Å². The van der Waals surface area contributed by atoms with Crippen molar-refractivity contribution in [2.75, 3.05) is 6.61 Å². The van der Waals surface area contributed by atoms with Gasteiger partial charge in [0.25, 0.3) is 0 Å². The third-order valence-corrected chi connectivity index (χ3v) is 3.72. The van der Waals surface area contributed by atoms with Gasteiger partial charge >= 0.3 is 0 Å². The topological polar surface area (TPSA) is 9.23 Å². The first-order valence-corrected chi connectivity index (χ1v) is 6.95. The highest BCUT2D eigenvalue weighted by Gasteiger charge is 2.38. The van der Waals surface area contributed by atoms with Gasteiger partial charge in [-0.2, -0.15) is 0 Å². The molecular weight excluding hydrogens is 313 g/mol. The summed E-state index contributed by atoms with van der Waals surface area (Å²) in [6, 6.07) is 9.90. The Labute approximate surface area is 132 Å². The predicted octanol–water partition coefficient (Wildman–Crippen LogP) is 5.08. The molecule has 1 atom stereocenters. The Morgan fingerprint density at radius 3 is 2.45 bits per heavy atom. The smallest absolute Gasteiger partial charge is 0.196 e. The maximum atomic E-state index is 14.2. The Bertz CT molecular complexity index is 675. The molecule has 0 fully saturated rings. The van der Waals surface area contributed by atoms with Gasteiger partial charge in [-0.25, -0.2) is 13.2 Å². The number of halogens is 4. The SMILES string of the molecule is C=CCOC(Cl)(c1ccccc1CF)c1cccc(F)c1F. The Kier molecular flexibility index (Phi) is 5.27. The Hall–Kier alpha value is -1.78. The minimum atomic E-state index is -1.84. The number of rotatable bonds is 6. The molecule has 0 heterocycles. The van der Waals surface area contributed by atoms with E-state index in [1.807, 2.05) is 0 Å². The van der Waals surface area contributed by atoms with E-state index in [1.54, 1.807) is 12.1 Å². The minimum Gasteiger partial charge on any atom is -0.347 e. The fraction of sp³-hybridized carbons (Fsp3) is 0.176. The van der Waals surface area contributed by atoms with Crippen molar-refractivity contribution in [2.24, 2.45) is 0 Å². The summed E-state index contributed by atoms with van der Waals surface area (Å²) in [4.78, 5) is 0. The molecule has 116 valence electrons. The number of alkyl halides is 2. The van der Waals surface area contributed by atoms with Gasteiger partial charge in [-0.05, 0) is 11.6 Å². The summed E-state index contributed by atoms with van der Waals surface area (Å²) in [5.41, 5.74) is 0.257. The standard InChI is InChI=1S/C17H14ClF3O/c1-2-10-22-17(18,13-7-4-3-6-12(13)11-19)14-8-5-9-15(20)16(14)21/h2-9H,1,10-11H2. The number of hydrogen-bond acceptors (Lipinski definition) is 1. The van der Waals surface area contributed by atoms with Crippen LogP contribution in [-0.2, 0) is 16.5 Å². The zero-order valence-corrected chi connectivity index (χ0v) is 12.4. The zero-order chi connectivity index (χ0) is 16.2. The minimum absolute atomic E-state index is 0.0138. The van der Waals surface area contributed by atoms with Crippen molar-refractivity contribution in [3.05, 3.63) is 83.4 Å². The summed E-state index contributed by atoms with van der Waals surface area (Å²) in [6.07, 6.45) is 1.42. The van der Waals surface area contributed by atoms with Crippen LogP contribution in [0.3, 0.4) is 0 Å². The third kappa shape index (κ3) is 3.03. The lowest BCUT2D eigenvalue weighted by atomic mass is 9.95. The van der Waals surface area contributed by atoms with Crippen molar-refractivity contribution in [3.8, 4) is 0 Å². The lowest BCUT2D eigenvalue weighted by Crippen LogP contribution is -2.28. The van der Waals surface area contributed by atoms with Crippen LogP contribution in [0.4, 0.5) is 13.2 Å². The molecule has 0 saturated carbocycles. The molecule has 0 N–H and O–H groups in total. The van der Waals surface area contributed by atoms with E-state index in [4.69, 9.17) is 16.3 Å². The second-order valence-electron chi connectivity index (χ2n) is 4.59. The molecule has 22 heavy (non-hydrogen) atoms. The summed E-state index contributed by atoms with van der Waals surface area (Å²) in [5.74, 6) is -2.18. The predicted molar refractivity (Wildman–Crippen MR) is 80.4 cm³/mol. The van der Waals surface area contributed by atoms with Gasteiger partial charge in [0, 0.05) is 11.1 Å². The molecule has 1 nitrogen and oxygen atoms in total. The van der Waals surface area contributed by atoms with E-state index in [1.165, 1.54) is 30.3 Å². The molecule has 5 heteroatoms. The van der Waals surface area contributed by atoms with E-state index in [9.17, 15) is 13.2 Å². The second-order valence-corrected chi connectivity index (χ2v) is 5.12. The fourth-order valence-electron chi connectivity index (χ4n) is 2.18. The van der Waals surface area contributed by atoms with Gasteiger partial charge in [-0.1, -0.05) is 54.1 Å². The molecule has 0 bridgehead atoms. The average Bonchev–Trinajstić information content (AvgIpc) is 2.55. The van der Waals surface area contributed by atoms with Gasteiger partial charge < -0.3 is 4.74 Å². The van der Waals surface area contributed by atoms with Crippen molar-refractivity contribution >= 4 is 11.6 Å². The highest BCUT2D eigenvalue weighted by molar-refractivity contribution is 6.25. The van der Waals surface area contributed by atoms with E-state index in [0.717, 1.165) is 6.07 Å². The summed E-state index contributed by atoms with van der Waals surface area (Å²) < 4.78 is 46.5. The Morgan fingerprint density at radius 1 is 1.09 bits per heavy atom. The van der Waals surface area contributed by atoms with E-state index >= 15 is 0 Å². The second kappa shape index (κ2) is 6.99. The van der Waals surface area contributed by atoms with Gasteiger partial charge in [-0.15, -0.1) is 6.58 Å². The van der Waals surface area contributed by atoms with Crippen LogP contribution in [0.2, 0.25) is 0 Å². The summed E-state index contributed by atoms with van der Waals surface area (Å²) in [5, 5.41) is -1.84. The van der Waals surface area contributed by atoms with Crippen LogP contribution in [0.25, 0.3) is 0 Å². The van der Waals surface area contributed by atoms with Crippen molar-refractivity contribution in [2.45, 2.75) is 11.7 Å². The summed E-state index contributed by atoms with van der Waals surface area (Å²) in [6.45, 7) is 2.69. The van der Waals surface area contributed by atoms with Crippen molar-refractivity contribution in [1.82, 2.24) is 0 Å². The normalized spacial score (nSPS) is 13.6. The Morgan fingerprint density at radius 2 is 1.77 bits per heavy atom. The lowest BCUT2D eigenvalue weighted by Gasteiger charge is -2.30. The molecule has 0 saturated heterocycles. The average molecular weight is 327 g/mol. The Balaban J connectivity index is 2.66. The van der Waals surface area contributed by atoms with Crippen LogP contribution in [0.15, 0.2) is 55.1 Å². The van der Waals surface area contributed by atoms with Gasteiger partial charge in [-0.3, -0.25) is 0 Å². The molecule has 2 rings (SSSR count). The fourth-order valence-corrected chi connectivity index (χ4v) is 2.57. The molecule has 0 radical (unpaired) electrons. The molecule has 2 aromatic rings. The first-order valence-electron chi connectivity index (χ1n) is 6.57. The molecule has 0 amide bonds. The largest absolute Gasteiger partial charge is 0.347 e. The van der Waals surface area contributed by atoms with Crippen LogP contribution >= 0.6 is 11.6 Å². The zero-order valence-electron chi connectivity index (χ0n) is 11.7. The van der Waals surface area contributed by atoms with E-state index in [2.05, 4.69) is 6.58 Å². The highest BCUT2D eigenvalue weighted by atomic mass is 35.5. The van der Waals surface area contributed by atoms with Gasteiger partial charge in [0.05, 0.1) is 6.61 Å². The monoisotopic (exact) mass is 326 g/mol. The first-order chi connectivity index (χ1) is 10.5. The maximum absolute atomic E-state index is 14.2. The molecule has 2 aromatic carbocycles. The molecule has 1 unspecified atom stereocenters. The maximum Gasteiger partial charge on any atom is 0.196 e. The lowest BCUT2D eigenvalue weighted by molar-refractivity contribution is 0.0632. The van der Waals surface area contributed by atoms with Crippen molar-refractivity contribution < 1.29 is 17.9 Å². The first kappa shape index (κ1) is 16.6. The quantitative estimate of drug-likeness (QED) is 0.531. The number of benzene rings is 2. The van der Waals surface area contributed by atoms with E-state index < -0.39 is 23.4 Å². The van der Waals surface area contributed by atoms with Crippen LogP contribution < -0.4 is 0 Å². The summed E-state index contributed by atoms with van der Waals surface area (Å²) >= 11 is 6.49. The third-order valence-electron chi connectivity index (χ3n) is 3.21. The van der Waals surface area contributed by atoms with Crippen LogP contribution in [0, 0.1) is 11.6 Å². The molecule has 0 aliphatic rings. The molecule has 0 aromatic heterocycles. The van der Waals surface area contributed by atoms with Crippen molar-refractivity contribution in [3.63, 3.8) is 0 Å². The van der Waals surface area contributed by atoms with Gasteiger partial charge in [0.1, 0.15) is 6.67 Å². The van der Waals surface area contributed by atoms with Crippen LogP contribution in [0.5, 0.6) is 0 Å². The van der Waals surface area contributed by atoms with Crippen molar-refractivity contribution in [1.29, 1.82) is 0 Å². The van der Waals surface area contributed by atoms with Gasteiger partial charge in [0.2, 0.25) is 0 Å². The van der Waals surface area contributed by atoms with E-state index in [0.29, 0.717) is 0 Å². The van der Waals surface area contributed by atoms with Gasteiger partial charge in [0.15, 0.2) is 16.7 Å². The number of hydrogen-bond donors (Lipinski definition) is 0. The molecular formula is C17H14ClF3O. The van der Waals surface area contributed by atoms with Crippen LogP contribution in [-0.4, -0.2) is 6.61 Å². The number of ether oxygens (including phenoxy) is 1. The molecule has 0 aliphatic carbocycles. The van der Waals surface area contributed by atoms with E-state index in [-0.39, 0.29) is 23.3 Å². The highest BCUT2D eigenvalue weighted by Crippen LogP contribution is 2.41. The molecule has 0 spiro atoms. The molecule has 0 aliphatic heterocycles. The summed E-state index contributed by atoms with van der Waals surface area (Å²) in [7, 11) is 0.